The molecular formula is C17H14F3NO5S. The first kappa shape index (κ1) is 20.6. The maximum absolute atomic E-state index is 12.7. The third-order valence-electron chi connectivity index (χ3n) is 3.40. The summed E-state index contributed by atoms with van der Waals surface area (Å²) in [6.07, 6.45) is -4.78. The molecule has 0 saturated carbocycles. The minimum atomic E-state index is -4.78. The van der Waals surface area contributed by atoms with Gasteiger partial charge in [-0.1, -0.05) is 6.07 Å². The first-order valence-corrected chi connectivity index (χ1v) is 8.82. The molecule has 1 atom stereocenters. The molecule has 0 N–H and O–H groups in total. The van der Waals surface area contributed by atoms with Gasteiger partial charge in [0.05, 0.1) is 21.3 Å². The van der Waals surface area contributed by atoms with Gasteiger partial charge in [0, 0.05) is 6.07 Å². The second-order valence-corrected chi connectivity index (χ2v) is 7.14. The molecule has 0 aliphatic heterocycles. The lowest BCUT2D eigenvalue weighted by molar-refractivity contribution is -0.388. The molecule has 0 fully saturated rings. The Bertz CT molecular complexity index is 907. The van der Waals surface area contributed by atoms with Crippen LogP contribution >= 0.6 is 0 Å². The van der Waals surface area contributed by atoms with Crippen molar-refractivity contribution in [2.24, 2.45) is 0 Å². The highest BCUT2D eigenvalue weighted by Crippen LogP contribution is 2.34. The summed E-state index contributed by atoms with van der Waals surface area (Å²) in [4.78, 5) is 21.5. The highest BCUT2D eigenvalue weighted by molar-refractivity contribution is 7.85. The van der Waals surface area contributed by atoms with E-state index >= 15 is 0 Å². The van der Waals surface area contributed by atoms with E-state index in [0.717, 1.165) is 17.2 Å². The summed E-state index contributed by atoms with van der Waals surface area (Å²) in [5.41, 5.74) is -0.551. The molecule has 0 bridgehead atoms. The Hall–Kier alpha value is -2.75. The lowest BCUT2D eigenvalue weighted by Gasteiger charge is -2.09. The summed E-state index contributed by atoms with van der Waals surface area (Å²) >= 11 is 0. The smallest absolute Gasteiger partial charge is 0.416 e. The molecule has 0 aliphatic carbocycles. The Kier molecular flexibility index (Phi) is 5.99. The van der Waals surface area contributed by atoms with Gasteiger partial charge in [0.15, 0.2) is 0 Å². The fourth-order valence-corrected chi connectivity index (χ4v) is 3.38. The number of carbonyl (C=O) groups is 1. The number of carbonyl (C=O) groups excluding carboxylic acids is 1. The standard InChI is InChI=1S/C17H14F3NO5S/c1-10-5-11(2)7-13(6-10)26-16(22)9-27(25)15-4-3-12(17(18,19)20)8-14(15)21(23)24/h3-8H,9H2,1-2H3/t27-/m1/s1. The molecule has 0 unspecified atom stereocenters. The highest BCUT2D eigenvalue weighted by atomic mass is 32.2. The summed E-state index contributed by atoms with van der Waals surface area (Å²) in [5, 5.41) is 11.0. The zero-order valence-electron chi connectivity index (χ0n) is 14.2. The van der Waals surface area contributed by atoms with E-state index in [0.29, 0.717) is 12.1 Å². The molecule has 2 rings (SSSR count). The van der Waals surface area contributed by atoms with Gasteiger partial charge >= 0.3 is 12.1 Å². The van der Waals surface area contributed by atoms with Crippen molar-refractivity contribution >= 4 is 22.5 Å². The van der Waals surface area contributed by atoms with E-state index in [4.69, 9.17) is 4.74 Å². The fourth-order valence-electron chi connectivity index (χ4n) is 2.37. The van der Waals surface area contributed by atoms with Crippen molar-refractivity contribution in [3.8, 4) is 5.75 Å². The molecule has 10 heteroatoms. The van der Waals surface area contributed by atoms with Gasteiger partial charge < -0.3 is 4.74 Å². The van der Waals surface area contributed by atoms with Crippen LogP contribution in [0, 0.1) is 24.0 Å². The van der Waals surface area contributed by atoms with Crippen LogP contribution in [0.25, 0.3) is 0 Å². The zero-order valence-corrected chi connectivity index (χ0v) is 15.0. The Balaban J connectivity index is 2.22. The van der Waals surface area contributed by atoms with Crippen LogP contribution < -0.4 is 4.74 Å². The monoisotopic (exact) mass is 401 g/mol. The molecule has 0 aromatic heterocycles. The fraction of sp³-hybridized carbons (Fsp3) is 0.235. The predicted octanol–water partition coefficient (Wildman–Crippen LogP) is 3.94. The summed E-state index contributed by atoms with van der Waals surface area (Å²) in [6, 6.07) is 6.61. The van der Waals surface area contributed by atoms with Gasteiger partial charge in [-0.15, -0.1) is 0 Å². The first-order valence-electron chi connectivity index (χ1n) is 7.50. The number of benzene rings is 2. The molecule has 0 spiro atoms. The predicted molar refractivity (Wildman–Crippen MR) is 90.9 cm³/mol. The van der Waals surface area contributed by atoms with Crippen molar-refractivity contribution in [1.29, 1.82) is 0 Å². The number of alkyl halides is 3. The van der Waals surface area contributed by atoms with E-state index in [1.165, 1.54) is 0 Å². The largest absolute Gasteiger partial charge is 0.426 e. The lowest BCUT2D eigenvalue weighted by Crippen LogP contribution is -2.18. The molecule has 0 amide bonds. The number of aryl methyl sites for hydroxylation is 2. The average molecular weight is 401 g/mol. The van der Waals surface area contributed by atoms with Gasteiger partial charge in [-0.2, -0.15) is 13.2 Å². The number of nitro benzene ring substituents is 1. The van der Waals surface area contributed by atoms with Crippen LogP contribution in [0.1, 0.15) is 16.7 Å². The first-order chi connectivity index (χ1) is 12.5. The average Bonchev–Trinajstić information content (AvgIpc) is 2.52. The number of nitro groups is 1. The molecule has 6 nitrogen and oxygen atoms in total. The van der Waals surface area contributed by atoms with Crippen LogP contribution in [0.3, 0.4) is 0 Å². The molecule has 0 aliphatic rings. The number of hydrogen-bond acceptors (Lipinski definition) is 5. The van der Waals surface area contributed by atoms with Gasteiger partial charge in [-0.05, 0) is 49.2 Å². The Labute approximate surface area is 154 Å². The Morgan fingerprint density at radius 2 is 1.74 bits per heavy atom. The number of ether oxygens (including phenoxy) is 1. The van der Waals surface area contributed by atoms with Crippen LogP contribution in [0.4, 0.5) is 18.9 Å². The number of rotatable bonds is 5. The normalized spacial score (nSPS) is 12.5. The minimum absolute atomic E-state index is 0.219. The van der Waals surface area contributed by atoms with Crippen molar-refractivity contribution < 1.29 is 31.8 Å². The van der Waals surface area contributed by atoms with Gasteiger partial charge in [-0.25, -0.2) is 0 Å². The second kappa shape index (κ2) is 7.87. The third-order valence-corrected chi connectivity index (χ3v) is 4.74. The van der Waals surface area contributed by atoms with Crippen molar-refractivity contribution in [3.63, 3.8) is 0 Å². The molecule has 27 heavy (non-hydrogen) atoms. The van der Waals surface area contributed by atoms with Crippen molar-refractivity contribution in [1.82, 2.24) is 0 Å². The van der Waals surface area contributed by atoms with E-state index < -0.39 is 49.8 Å². The van der Waals surface area contributed by atoms with E-state index in [9.17, 15) is 32.3 Å². The zero-order chi connectivity index (χ0) is 20.4. The molecule has 2 aromatic carbocycles. The molecule has 0 heterocycles. The Morgan fingerprint density at radius 1 is 1.15 bits per heavy atom. The van der Waals surface area contributed by atoms with Crippen LogP contribution in [0.5, 0.6) is 5.75 Å². The van der Waals surface area contributed by atoms with Crippen LogP contribution in [-0.4, -0.2) is 20.9 Å². The Morgan fingerprint density at radius 3 is 2.26 bits per heavy atom. The van der Waals surface area contributed by atoms with Crippen molar-refractivity contribution in [2.75, 3.05) is 5.75 Å². The van der Waals surface area contributed by atoms with Crippen molar-refractivity contribution in [3.05, 3.63) is 63.2 Å². The number of nitrogens with zero attached hydrogens (tertiary/aromatic N) is 1. The third kappa shape index (κ3) is 5.36. The molecule has 144 valence electrons. The van der Waals surface area contributed by atoms with E-state index in [-0.39, 0.29) is 5.75 Å². The summed E-state index contributed by atoms with van der Waals surface area (Å²) < 4.78 is 55.5. The van der Waals surface area contributed by atoms with Crippen LogP contribution in [0.2, 0.25) is 0 Å². The molecule has 2 aromatic rings. The second-order valence-electron chi connectivity index (χ2n) is 5.72. The minimum Gasteiger partial charge on any atom is -0.426 e. The SMILES string of the molecule is Cc1cc(C)cc(OC(=O)C[S@@](=O)c2ccc(C(F)(F)F)cc2[N+](=O)[O-])c1. The lowest BCUT2D eigenvalue weighted by atomic mass is 10.1. The summed E-state index contributed by atoms with van der Waals surface area (Å²) in [5.74, 6) is -1.44. The van der Waals surface area contributed by atoms with E-state index in [1.54, 1.807) is 26.0 Å². The maximum atomic E-state index is 12.7. The van der Waals surface area contributed by atoms with Gasteiger partial charge in [0.2, 0.25) is 0 Å². The quantitative estimate of drug-likeness (QED) is 0.328. The van der Waals surface area contributed by atoms with Gasteiger partial charge in [0.25, 0.3) is 5.69 Å². The number of hydrogen-bond donors (Lipinski definition) is 0. The number of esters is 1. The van der Waals surface area contributed by atoms with Gasteiger partial charge in [-0.3, -0.25) is 19.1 Å². The highest BCUT2D eigenvalue weighted by Gasteiger charge is 2.34. The van der Waals surface area contributed by atoms with Crippen molar-refractivity contribution in [2.45, 2.75) is 24.9 Å². The topological polar surface area (TPSA) is 86.5 Å². The van der Waals surface area contributed by atoms with Crippen LogP contribution in [-0.2, 0) is 21.8 Å². The van der Waals surface area contributed by atoms with E-state index in [2.05, 4.69) is 0 Å². The summed E-state index contributed by atoms with van der Waals surface area (Å²) in [6.45, 7) is 3.57. The van der Waals surface area contributed by atoms with Gasteiger partial charge in [0.1, 0.15) is 16.4 Å². The number of halogens is 3. The molecule has 0 saturated heterocycles. The summed E-state index contributed by atoms with van der Waals surface area (Å²) in [7, 11) is -2.25. The molecular weight excluding hydrogens is 387 g/mol. The van der Waals surface area contributed by atoms with E-state index in [1.807, 2.05) is 6.07 Å². The maximum Gasteiger partial charge on any atom is 0.416 e. The van der Waals surface area contributed by atoms with Crippen LogP contribution in [0.15, 0.2) is 41.3 Å². The molecule has 0 radical (unpaired) electrons.